The van der Waals surface area contributed by atoms with Crippen molar-refractivity contribution in [3.8, 4) is 0 Å². The van der Waals surface area contributed by atoms with Crippen molar-refractivity contribution < 1.29 is 9.84 Å². The molecule has 0 heterocycles. The first kappa shape index (κ1) is 22.2. The third-order valence-electron chi connectivity index (χ3n) is 3.30. The zero-order valence-electron chi connectivity index (χ0n) is 14.5. The molecular weight excluding hydrogens is 248 g/mol. The molecule has 0 aromatic heterocycles. The highest BCUT2D eigenvalue weighted by Gasteiger charge is 1.89. The molecule has 0 aliphatic rings. The Morgan fingerprint density at radius 2 is 0.950 bits per heavy atom. The molecule has 0 saturated heterocycles. The van der Waals surface area contributed by atoms with Crippen LogP contribution in [-0.4, -0.2) is 24.9 Å². The molecule has 0 aliphatic heterocycles. The topological polar surface area (TPSA) is 29.5 Å². The van der Waals surface area contributed by atoms with Gasteiger partial charge >= 0.3 is 0 Å². The van der Waals surface area contributed by atoms with Crippen LogP contribution >= 0.6 is 0 Å². The molecule has 2 heteroatoms. The van der Waals surface area contributed by atoms with Gasteiger partial charge in [0.25, 0.3) is 0 Å². The van der Waals surface area contributed by atoms with Gasteiger partial charge in [-0.15, -0.1) is 0 Å². The van der Waals surface area contributed by atoms with E-state index in [1.807, 2.05) is 0 Å². The summed E-state index contributed by atoms with van der Waals surface area (Å²) < 4.78 is 5.31. The van der Waals surface area contributed by atoms with E-state index in [1.165, 1.54) is 70.6 Å². The molecule has 124 valence electrons. The highest BCUT2D eigenvalue weighted by atomic mass is 16.5. The average molecular weight is 289 g/mol. The van der Waals surface area contributed by atoms with Gasteiger partial charge in [-0.3, -0.25) is 0 Å². The van der Waals surface area contributed by atoms with E-state index in [9.17, 15) is 0 Å². The van der Waals surface area contributed by atoms with Crippen LogP contribution in [0.1, 0.15) is 97.8 Å². The number of hydrogen-bond donors (Lipinski definition) is 1. The molecule has 0 spiro atoms. The van der Waals surface area contributed by atoms with Gasteiger partial charge in [0, 0.05) is 19.8 Å². The van der Waals surface area contributed by atoms with Gasteiger partial charge in [-0.1, -0.05) is 78.6 Å². The van der Waals surface area contributed by atoms with E-state index in [-0.39, 0.29) is 0 Å². The Labute approximate surface area is 128 Å². The van der Waals surface area contributed by atoms with Gasteiger partial charge in [-0.25, -0.2) is 0 Å². The molecule has 0 rings (SSSR count). The van der Waals surface area contributed by atoms with Crippen molar-refractivity contribution in [2.45, 2.75) is 97.8 Å². The largest absolute Gasteiger partial charge is 0.396 e. The van der Waals surface area contributed by atoms with Gasteiger partial charge < -0.3 is 9.84 Å². The van der Waals surface area contributed by atoms with E-state index < -0.39 is 0 Å². The third kappa shape index (κ3) is 26.5. The van der Waals surface area contributed by atoms with Crippen LogP contribution in [0.5, 0.6) is 0 Å². The summed E-state index contributed by atoms with van der Waals surface area (Å²) in [6.07, 6.45) is 15.3. The van der Waals surface area contributed by atoms with Crippen LogP contribution in [0.25, 0.3) is 0 Å². The normalized spacial score (nSPS) is 10.2. The molecule has 0 radical (unpaired) electrons. The van der Waals surface area contributed by atoms with Crippen molar-refractivity contribution in [2.24, 2.45) is 0 Å². The molecule has 0 saturated carbocycles. The lowest BCUT2D eigenvalue weighted by molar-refractivity contribution is 0.128. The van der Waals surface area contributed by atoms with Crippen LogP contribution in [0, 0.1) is 0 Å². The Balaban J connectivity index is 0. The lowest BCUT2D eigenvalue weighted by Gasteiger charge is -1.99. The van der Waals surface area contributed by atoms with Gasteiger partial charge in [0.05, 0.1) is 0 Å². The van der Waals surface area contributed by atoms with Crippen LogP contribution in [0.2, 0.25) is 0 Å². The molecule has 0 bridgehead atoms. The quantitative estimate of drug-likeness (QED) is 0.414. The fourth-order valence-corrected chi connectivity index (χ4v) is 1.84. The third-order valence-corrected chi connectivity index (χ3v) is 3.30. The Kier molecular flexibility index (Phi) is 26.6. The number of unbranched alkanes of at least 4 members (excludes halogenated alkanes) is 9. The van der Waals surface area contributed by atoms with E-state index in [0.717, 1.165) is 19.6 Å². The minimum Gasteiger partial charge on any atom is -0.396 e. The molecule has 0 aromatic carbocycles. The van der Waals surface area contributed by atoms with Crippen LogP contribution in [0.3, 0.4) is 0 Å². The number of aliphatic hydroxyl groups excluding tert-OH is 1. The minimum atomic E-state index is 0.370. The summed E-state index contributed by atoms with van der Waals surface area (Å²) in [6, 6.07) is 0. The summed E-state index contributed by atoms with van der Waals surface area (Å²) in [4.78, 5) is 0. The maximum absolute atomic E-state index is 8.51. The zero-order valence-corrected chi connectivity index (χ0v) is 14.5. The van der Waals surface area contributed by atoms with E-state index in [1.54, 1.807) is 0 Å². The van der Waals surface area contributed by atoms with Crippen molar-refractivity contribution in [2.75, 3.05) is 19.8 Å². The number of aliphatic hydroxyl groups is 1. The first-order valence-electron chi connectivity index (χ1n) is 9.01. The van der Waals surface area contributed by atoms with Gasteiger partial charge in [0.2, 0.25) is 0 Å². The molecule has 0 aliphatic carbocycles. The average Bonchev–Trinajstić information content (AvgIpc) is 2.47. The number of ether oxygens (including phenoxy) is 1. The molecule has 0 unspecified atom stereocenters. The van der Waals surface area contributed by atoms with E-state index in [0.29, 0.717) is 6.61 Å². The number of hydrogen-bond acceptors (Lipinski definition) is 2. The molecule has 2 nitrogen and oxygen atoms in total. The molecule has 20 heavy (non-hydrogen) atoms. The summed E-state index contributed by atoms with van der Waals surface area (Å²) >= 11 is 0. The summed E-state index contributed by atoms with van der Waals surface area (Å²) in [5.41, 5.74) is 0. The predicted octanol–water partition coefficient (Wildman–Crippen LogP) is 5.72. The van der Waals surface area contributed by atoms with Crippen LogP contribution in [-0.2, 0) is 4.74 Å². The lowest BCUT2D eigenvalue weighted by atomic mass is 10.1. The summed E-state index contributed by atoms with van der Waals surface area (Å²) in [7, 11) is 0. The Bertz CT molecular complexity index is 123. The zero-order chi connectivity index (χ0) is 15.3. The van der Waals surface area contributed by atoms with E-state index in [2.05, 4.69) is 20.8 Å². The van der Waals surface area contributed by atoms with Crippen molar-refractivity contribution in [1.82, 2.24) is 0 Å². The smallest absolute Gasteiger partial charge is 0.0465 e. The van der Waals surface area contributed by atoms with Crippen molar-refractivity contribution >= 4 is 0 Å². The van der Waals surface area contributed by atoms with Gasteiger partial charge in [-0.05, 0) is 19.3 Å². The molecule has 0 atom stereocenters. The Morgan fingerprint density at radius 1 is 0.550 bits per heavy atom. The standard InChI is InChI=1S/C10H22O.C8H18O/c1-2-3-4-5-6-7-8-9-10-11;1-3-5-7-9-8-6-4-2/h11H,2-10H2,1H3;3-8H2,1-2H3. The van der Waals surface area contributed by atoms with E-state index >= 15 is 0 Å². The summed E-state index contributed by atoms with van der Waals surface area (Å²) in [5.74, 6) is 0. The van der Waals surface area contributed by atoms with Crippen LogP contribution in [0.4, 0.5) is 0 Å². The molecule has 0 aromatic rings. The molecule has 1 N–H and O–H groups in total. The SMILES string of the molecule is CCCCCCCCCCO.CCCCOCCCC. The van der Waals surface area contributed by atoms with E-state index in [4.69, 9.17) is 9.84 Å². The fraction of sp³-hybridized carbons (Fsp3) is 1.00. The Morgan fingerprint density at radius 3 is 1.35 bits per heavy atom. The molecule has 0 fully saturated rings. The first-order chi connectivity index (χ1) is 9.83. The van der Waals surface area contributed by atoms with Crippen molar-refractivity contribution in [3.05, 3.63) is 0 Å². The summed E-state index contributed by atoms with van der Waals surface area (Å²) in [6.45, 7) is 8.89. The van der Waals surface area contributed by atoms with Crippen molar-refractivity contribution in [3.63, 3.8) is 0 Å². The van der Waals surface area contributed by atoms with Crippen LogP contribution in [0.15, 0.2) is 0 Å². The maximum Gasteiger partial charge on any atom is 0.0465 e. The van der Waals surface area contributed by atoms with Crippen LogP contribution < -0.4 is 0 Å². The summed E-state index contributed by atoms with van der Waals surface area (Å²) in [5, 5.41) is 8.51. The van der Waals surface area contributed by atoms with Crippen molar-refractivity contribution in [1.29, 1.82) is 0 Å². The number of rotatable bonds is 14. The van der Waals surface area contributed by atoms with Gasteiger partial charge in [-0.2, -0.15) is 0 Å². The minimum absolute atomic E-state index is 0.370. The Hall–Kier alpha value is -0.0800. The monoisotopic (exact) mass is 288 g/mol. The second-order valence-corrected chi connectivity index (χ2v) is 5.52. The highest BCUT2D eigenvalue weighted by Crippen LogP contribution is 2.07. The first-order valence-corrected chi connectivity index (χ1v) is 9.01. The maximum atomic E-state index is 8.51. The lowest BCUT2D eigenvalue weighted by Crippen LogP contribution is -1.95. The predicted molar refractivity (Wildman–Crippen MR) is 90.3 cm³/mol. The van der Waals surface area contributed by atoms with Gasteiger partial charge in [0.1, 0.15) is 0 Å². The van der Waals surface area contributed by atoms with Gasteiger partial charge in [0.15, 0.2) is 0 Å². The second-order valence-electron chi connectivity index (χ2n) is 5.52. The molecular formula is C18H40O2. The second kappa shape index (κ2) is 24.0. The fourth-order valence-electron chi connectivity index (χ4n) is 1.84. The highest BCUT2D eigenvalue weighted by molar-refractivity contribution is 4.44. The molecule has 0 amide bonds.